The summed E-state index contributed by atoms with van der Waals surface area (Å²) in [6, 6.07) is 18.2. The van der Waals surface area contributed by atoms with Gasteiger partial charge in [0.15, 0.2) is 0 Å². The van der Waals surface area contributed by atoms with Gasteiger partial charge in [-0.2, -0.15) is 0 Å². The van der Waals surface area contributed by atoms with Gasteiger partial charge in [0, 0.05) is 0 Å². The smallest absolute Gasteiger partial charge is 1.00 e. The summed E-state index contributed by atoms with van der Waals surface area (Å²) in [5.41, 5.74) is 6.06. The van der Waals surface area contributed by atoms with Crippen LogP contribution in [-0.4, -0.2) is 0 Å². The Morgan fingerprint density at radius 1 is 0.828 bits per heavy atom. The quantitative estimate of drug-likeness (QED) is 0.381. The number of hydrogen-bond donors (Lipinski definition) is 0. The van der Waals surface area contributed by atoms with E-state index in [-0.39, 0.29) is 24.8 Å². The van der Waals surface area contributed by atoms with E-state index >= 15 is 0 Å². The molecular weight excluding hydrogens is 474 g/mol. The van der Waals surface area contributed by atoms with Crippen LogP contribution in [0.4, 0.5) is 0 Å². The van der Waals surface area contributed by atoms with E-state index in [1.54, 1.807) is 11.1 Å². The van der Waals surface area contributed by atoms with Crippen LogP contribution in [0.1, 0.15) is 55.7 Å². The van der Waals surface area contributed by atoms with Crippen LogP contribution in [0.2, 0.25) is 8.26 Å². The third-order valence-electron chi connectivity index (χ3n) is 6.61. The Bertz CT molecular complexity index is 822. The molecule has 0 radical (unpaired) electrons. The molecule has 3 heteroatoms. The van der Waals surface area contributed by atoms with Crippen molar-refractivity contribution in [1.82, 2.24) is 0 Å². The minimum atomic E-state index is -2.74. The molecule has 0 fully saturated rings. The Hall–Kier alpha value is -0.877. The van der Waals surface area contributed by atoms with Crippen LogP contribution in [0.3, 0.4) is 0 Å². The number of fused-ring (bicyclic) bond motifs is 2. The average molecular weight is 505 g/mol. The fraction of sp³-hybridized carbons (Fsp3) is 0.308. The molecule has 0 spiro atoms. The molecule has 2 aliphatic carbocycles. The summed E-state index contributed by atoms with van der Waals surface area (Å²) in [6.45, 7) is 6.55. The molecule has 0 N–H and O–H groups in total. The standard InChI is InChI=1S/2C9H7.C5H11.C3H5.2ClH.Zr/c2*1-2-5-9-7-3-6-8(9)4-1;1-3-5-4-2;1-3-2;;;/h2*1-7H;1,3-5H2,2H3;3H,1-2H2;2*1H;/q;;;;;;+2/p-2. The third-order valence-corrected chi connectivity index (χ3v) is 20.9. The molecule has 0 saturated carbocycles. The molecule has 0 saturated heterocycles. The second-order valence-electron chi connectivity index (χ2n) is 8.11. The summed E-state index contributed by atoms with van der Waals surface area (Å²) in [5, 5.41) is 0. The summed E-state index contributed by atoms with van der Waals surface area (Å²) >= 11 is -2.74. The van der Waals surface area contributed by atoms with Gasteiger partial charge in [0.1, 0.15) is 0 Å². The first-order valence-electron chi connectivity index (χ1n) is 10.5. The summed E-state index contributed by atoms with van der Waals surface area (Å²) < 4.78 is 4.02. The second-order valence-corrected chi connectivity index (χ2v) is 19.5. The molecular formula is C26H30Cl2Zr. The van der Waals surface area contributed by atoms with Crippen molar-refractivity contribution in [2.24, 2.45) is 0 Å². The fourth-order valence-corrected chi connectivity index (χ4v) is 19.8. The predicted molar refractivity (Wildman–Crippen MR) is 116 cm³/mol. The Morgan fingerprint density at radius 3 is 1.83 bits per heavy atom. The second kappa shape index (κ2) is 10.9. The number of hydrogen-bond acceptors (Lipinski definition) is 0. The van der Waals surface area contributed by atoms with E-state index in [1.807, 2.05) is 0 Å². The molecule has 0 aromatic heterocycles. The van der Waals surface area contributed by atoms with Gasteiger partial charge in [-0.15, -0.1) is 0 Å². The zero-order valence-corrected chi connectivity index (χ0v) is 21.1. The van der Waals surface area contributed by atoms with Crippen LogP contribution < -0.4 is 24.8 Å². The SMILES string of the molecule is C=C[CH2][Zr+2]([CH2]CCCC)([CH]1C=Cc2ccccc21)[CH]1C=Cc2ccccc21.[Cl-].[Cl-]. The zero-order valence-electron chi connectivity index (χ0n) is 17.2. The van der Waals surface area contributed by atoms with Crippen molar-refractivity contribution in [3.05, 3.63) is 95.6 Å². The van der Waals surface area contributed by atoms with Gasteiger partial charge in [-0.3, -0.25) is 0 Å². The van der Waals surface area contributed by atoms with Crippen LogP contribution in [0.5, 0.6) is 0 Å². The van der Waals surface area contributed by atoms with Gasteiger partial charge in [-0.05, 0) is 0 Å². The maximum atomic E-state index is 4.23. The minimum Gasteiger partial charge on any atom is -1.00 e. The molecule has 2 unspecified atom stereocenters. The van der Waals surface area contributed by atoms with Gasteiger partial charge in [0.05, 0.1) is 0 Å². The molecule has 29 heavy (non-hydrogen) atoms. The number of benzene rings is 2. The van der Waals surface area contributed by atoms with Crippen LogP contribution in [0, 0.1) is 0 Å². The van der Waals surface area contributed by atoms with Crippen LogP contribution in [-0.2, 0) is 20.3 Å². The van der Waals surface area contributed by atoms with Gasteiger partial charge < -0.3 is 24.8 Å². The number of halogens is 2. The van der Waals surface area contributed by atoms with Crippen molar-refractivity contribution in [2.45, 2.75) is 41.7 Å². The van der Waals surface area contributed by atoms with Gasteiger partial charge in [-0.25, -0.2) is 0 Å². The zero-order chi connectivity index (χ0) is 18.7. The van der Waals surface area contributed by atoms with E-state index in [0.717, 1.165) is 0 Å². The fourth-order valence-electron chi connectivity index (χ4n) is 5.33. The number of rotatable bonds is 8. The van der Waals surface area contributed by atoms with Crippen LogP contribution in [0.15, 0.2) is 73.3 Å². The summed E-state index contributed by atoms with van der Waals surface area (Å²) in [5.74, 6) is 0. The van der Waals surface area contributed by atoms with Crippen molar-refractivity contribution >= 4 is 12.2 Å². The Balaban J connectivity index is 0.00000150. The first-order chi connectivity index (χ1) is 13.3. The Labute approximate surface area is 193 Å². The van der Waals surface area contributed by atoms with E-state index in [2.05, 4.69) is 92.4 Å². The Morgan fingerprint density at radius 2 is 1.34 bits per heavy atom. The summed E-state index contributed by atoms with van der Waals surface area (Å²) in [7, 11) is 0. The van der Waals surface area contributed by atoms with Crippen molar-refractivity contribution in [2.75, 3.05) is 0 Å². The van der Waals surface area contributed by atoms with Crippen molar-refractivity contribution < 1.29 is 45.1 Å². The van der Waals surface area contributed by atoms with Gasteiger partial charge in [-0.1, -0.05) is 0 Å². The van der Waals surface area contributed by atoms with Crippen LogP contribution >= 0.6 is 0 Å². The summed E-state index contributed by atoms with van der Waals surface area (Å²) in [6.07, 6.45) is 16.2. The van der Waals surface area contributed by atoms with Gasteiger partial charge >= 0.3 is 170 Å². The average Bonchev–Trinajstić information content (AvgIpc) is 3.32. The molecule has 0 heterocycles. The molecule has 2 aliphatic rings. The van der Waals surface area contributed by atoms with Crippen LogP contribution in [0.25, 0.3) is 12.2 Å². The van der Waals surface area contributed by atoms with E-state index in [1.165, 1.54) is 38.6 Å². The number of allylic oxidation sites excluding steroid dienone is 3. The van der Waals surface area contributed by atoms with E-state index in [0.29, 0.717) is 7.25 Å². The first kappa shape index (κ1) is 24.4. The monoisotopic (exact) mass is 502 g/mol. The maximum absolute atomic E-state index is 4.23. The van der Waals surface area contributed by atoms with E-state index in [9.17, 15) is 0 Å². The van der Waals surface area contributed by atoms with Crippen molar-refractivity contribution in [1.29, 1.82) is 0 Å². The summed E-state index contributed by atoms with van der Waals surface area (Å²) in [4.78, 5) is 0. The first-order valence-corrected chi connectivity index (χ1v) is 16.8. The van der Waals surface area contributed by atoms with Gasteiger partial charge in [0.25, 0.3) is 0 Å². The van der Waals surface area contributed by atoms with Crippen molar-refractivity contribution in [3.8, 4) is 0 Å². The molecule has 0 amide bonds. The molecule has 0 bridgehead atoms. The molecule has 4 rings (SSSR count). The molecule has 0 aliphatic heterocycles. The topological polar surface area (TPSA) is 0 Å². The Kier molecular flexibility index (Phi) is 9.21. The number of unbranched alkanes of at least 4 members (excludes halogenated alkanes) is 2. The molecule has 0 nitrogen and oxygen atoms in total. The van der Waals surface area contributed by atoms with Crippen molar-refractivity contribution in [3.63, 3.8) is 0 Å². The molecule has 152 valence electrons. The largest absolute Gasteiger partial charge is 1.00 e. The van der Waals surface area contributed by atoms with E-state index < -0.39 is 20.3 Å². The minimum absolute atomic E-state index is 0. The van der Waals surface area contributed by atoms with Gasteiger partial charge in [0.2, 0.25) is 0 Å². The molecule has 2 aromatic carbocycles. The third kappa shape index (κ3) is 4.58. The maximum Gasteiger partial charge on any atom is -1.00 e. The van der Waals surface area contributed by atoms with E-state index in [4.69, 9.17) is 0 Å². The molecule has 2 aromatic rings. The molecule has 2 atom stereocenters. The predicted octanol–water partition coefficient (Wildman–Crippen LogP) is 1.90. The normalized spacial score (nSPS) is 19.1.